The minimum atomic E-state index is -2.44. The first-order valence-corrected chi connectivity index (χ1v) is 21.4. The normalized spacial score (nSPS) is 14.0. The zero-order valence-corrected chi connectivity index (χ0v) is 38.6. The Hall–Kier alpha value is -3.97. The van der Waals surface area contributed by atoms with Crippen LogP contribution in [0.2, 0.25) is 0 Å². The molecule has 0 aliphatic carbocycles. The molecule has 0 saturated heterocycles. The smallest absolute Gasteiger partial charge is 0.339 e. The summed E-state index contributed by atoms with van der Waals surface area (Å²) in [6.07, 6.45) is 28.6. The zero-order chi connectivity index (χ0) is 43.9. The van der Waals surface area contributed by atoms with Crippen molar-refractivity contribution >= 4 is 17.9 Å². The Balaban J connectivity index is 5.45. The molecule has 0 aromatic heterocycles. The highest BCUT2D eigenvalue weighted by Crippen LogP contribution is 2.21. The number of hydrogen-bond acceptors (Lipinski definition) is 7. The van der Waals surface area contributed by atoms with E-state index in [1.54, 1.807) is 6.08 Å². The van der Waals surface area contributed by atoms with Crippen molar-refractivity contribution in [2.24, 2.45) is 0 Å². The first-order valence-electron chi connectivity index (χ1n) is 21.4. The van der Waals surface area contributed by atoms with Gasteiger partial charge >= 0.3 is 17.9 Å². The Labute approximate surface area is 353 Å². The van der Waals surface area contributed by atoms with E-state index in [1.165, 1.54) is 33.4 Å². The summed E-state index contributed by atoms with van der Waals surface area (Å²) in [4.78, 5) is 39.2. The lowest BCUT2D eigenvalue weighted by Crippen LogP contribution is -2.45. The largest absolute Gasteiger partial charge is 0.461 e. The topological polar surface area (TPSA) is 99.1 Å². The Morgan fingerprint density at radius 3 is 0.897 bits per heavy atom. The van der Waals surface area contributed by atoms with Gasteiger partial charge in [-0.25, -0.2) is 4.79 Å². The molecule has 7 nitrogen and oxygen atoms in total. The average molecular weight is 805 g/mol. The van der Waals surface area contributed by atoms with Crippen molar-refractivity contribution in [3.05, 3.63) is 105 Å². The summed E-state index contributed by atoms with van der Waals surface area (Å²) in [5, 5.41) is 11.5. The second-order valence-electron chi connectivity index (χ2n) is 16.7. The minimum absolute atomic E-state index is 0.0114. The highest BCUT2D eigenvalue weighted by molar-refractivity contribution is 5.90. The number of hydrogen-bond donors (Lipinski definition) is 1. The molecular formula is C51H80O7. The molecule has 58 heavy (non-hydrogen) atoms. The first-order chi connectivity index (χ1) is 27.3. The van der Waals surface area contributed by atoms with Crippen molar-refractivity contribution in [2.75, 3.05) is 19.8 Å². The molecule has 0 bridgehead atoms. The fourth-order valence-corrected chi connectivity index (χ4v) is 5.75. The van der Waals surface area contributed by atoms with Gasteiger partial charge < -0.3 is 19.3 Å². The van der Waals surface area contributed by atoms with Crippen LogP contribution in [0.1, 0.15) is 173 Å². The lowest BCUT2D eigenvalue weighted by Gasteiger charge is -2.24. The third kappa shape index (κ3) is 31.1. The standard InChI is InChI=1S/C51H80O7/c1-39(2)19-13-22-42(7)25-16-28-45(10)31-34-56-48(52)37-51(55,50(54)58-36-33-47(12)30-18-27-44(9)24-15-21-41(5)6)38-49(53)57-35-32-46(11)29-17-26-43(8)23-14-20-40(3)4/h19-21,25-27,31-33,55H,13-18,22-24,28-30,34-38H2,1-12H3. The third-order valence-corrected chi connectivity index (χ3v) is 9.62. The maximum absolute atomic E-state index is 13.3. The SMILES string of the molecule is CC(C)=CCCC(C)=CCCC(C)=CCOC(=O)CC(O)(CC(=O)OCC=C(C)CCC=C(C)CCC=C(C)C)C(=O)OCC=C(C)CCC=C(C)CCC=C(C)C. The van der Waals surface area contributed by atoms with Crippen LogP contribution in [-0.2, 0) is 28.6 Å². The van der Waals surface area contributed by atoms with Gasteiger partial charge in [-0.15, -0.1) is 0 Å². The van der Waals surface area contributed by atoms with Crippen LogP contribution < -0.4 is 0 Å². The van der Waals surface area contributed by atoms with Crippen LogP contribution >= 0.6 is 0 Å². The molecule has 0 saturated carbocycles. The van der Waals surface area contributed by atoms with Crippen LogP contribution in [0.3, 0.4) is 0 Å². The molecule has 0 amide bonds. The van der Waals surface area contributed by atoms with Gasteiger partial charge in [-0.05, 0) is 178 Å². The van der Waals surface area contributed by atoms with E-state index in [0.717, 1.165) is 93.8 Å². The third-order valence-electron chi connectivity index (χ3n) is 9.62. The number of carbonyl (C=O) groups is 3. The van der Waals surface area contributed by atoms with E-state index in [2.05, 4.69) is 98.8 Å². The summed E-state index contributed by atoms with van der Waals surface area (Å²) in [5.41, 5.74) is 8.68. The van der Waals surface area contributed by atoms with Crippen molar-refractivity contribution < 1.29 is 33.7 Å². The lowest BCUT2D eigenvalue weighted by atomic mass is 9.95. The molecule has 0 heterocycles. The lowest BCUT2D eigenvalue weighted by molar-refractivity contribution is -0.176. The summed E-state index contributed by atoms with van der Waals surface area (Å²) in [7, 11) is 0. The molecule has 326 valence electrons. The summed E-state index contributed by atoms with van der Waals surface area (Å²) in [6.45, 7) is 24.8. The molecule has 0 rings (SSSR count). The predicted molar refractivity (Wildman–Crippen MR) is 243 cm³/mol. The van der Waals surface area contributed by atoms with Crippen LogP contribution in [-0.4, -0.2) is 48.4 Å². The molecule has 0 fully saturated rings. The number of ether oxygens (including phenoxy) is 3. The Morgan fingerprint density at radius 2 is 0.621 bits per heavy atom. The molecule has 7 heteroatoms. The van der Waals surface area contributed by atoms with Gasteiger partial charge in [0.05, 0.1) is 12.8 Å². The van der Waals surface area contributed by atoms with Crippen LogP contribution in [0.15, 0.2) is 105 Å². The molecule has 0 radical (unpaired) electrons. The summed E-state index contributed by atoms with van der Waals surface area (Å²) >= 11 is 0. The fraction of sp³-hybridized carbons (Fsp3) is 0.588. The van der Waals surface area contributed by atoms with E-state index in [0.29, 0.717) is 0 Å². The number of esters is 3. The maximum atomic E-state index is 13.3. The molecule has 0 aliphatic rings. The van der Waals surface area contributed by atoms with Gasteiger partial charge in [0.25, 0.3) is 0 Å². The van der Waals surface area contributed by atoms with Crippen LogP contribution in [0, 0.1) is 0 Å². The average Bonchev–Trinajstić information content (AvgIpc) is 3.11. The van der Waals surface area contributed by atoms with Crippen LogP contribution in [0.4, 0.5) is 0 Å². The highest BCUT2D eigenvalue weighted by Gasteiger charge is 2.43. The number of rotatable bonds is 29. The first kappa shape index (κ1) is 54.0. The Kier molecular flexibility index (Phi) is 29.8. The van der Waals surface area contributed by atoms with Gasteiger partial charge in [0, 0.05) is 0 Å². The van der Waals surface area contributed by atoms with Crippen LogP contribution in [0.25, 0.3) is 0 Å². The Morgan fingerprint density at radius 1 is 0.379 bits per heavy atom. The molecule has 0 atom stereocenters. The van der Waals surface area contributed by atoms with Gasteiger partial charge in [0.1, 0.15) is 19.8 Å². The number of aliphatic hydroxyl groups is 1. The molecule has 0 aliphatic heterocycles. The van der Waals surface area contributed by atoms with Gasteiger partial charge in [0.2, 0.25) is 0 Å². The summed E-state index contributed by atoms with van der Waals surface area (Å²) in [6, 6.07) is 0. The second kappa shape index (κ2) is 32.0. The molecule has 0 aromatic rings. The number of allylic oxidation sites excluding steroid dienone is 15. The van der Waals surface area contributed by atoms with E-state index in [-0.39, 0.29) is 19.8 Å². The van der Waals surface area contributed by atoms with Gasteiger partial charge in [-0.2, -0.15) is 0 Å². The van der Waals surface area contributed by atoms with Crippen molar-refractivity contribution in [1.29, 1.82) is 0 Å². The van der Waals surface area contributed by atoms with Crippen molar-refractivity contribution in [2.45, 2.75) is 179 Å². The van der Waals surface area contributed by atoms with Crippen molar-refractivity contribution in [3.8, 4) is 0 Å². The van der Waals surface area contributed by atoms with E-state index < -0.39 is 36.4 Å². The molecule has 0 aromatic carbocycles. The van der Waals surface area contributed by atoms with E-state index in [4.69, 9.17) is 14.2 Å². The van der Waals surface area contributed by atoms with Gasteiger partial charge in [0.15, 0.2) is 5.60 Å². The van der Waals surface area contributed by atoms with Gasteiger partial charge in [-0.1, -0.05) is 86.6 Å². The molecule has 0 unspecified atom stereocenters. The van der Waals surface area contributed by atoms with Crippen molar-refractivity contribution in [1.82, 2.24) is 0 Å². The predicted octanol–water partition coefficient (Wildman–Crippen LogP) is 13.4. The van der Waals surface area contributed by atoms with E-state index >= 15 is 0 Å². The fourth-order valence-electron chi connectivity index (χ4n) is 5.75. The summed E-state index contributed by atoms with van der Waals surface area (Å²) < 4.78 is 16.2. The Bertz CT molecular complexity index is 1470. The molecule has 1 N–H and O–H groups in total. The van der Waals surface area contributed by atoms with E-state index in [1.807, 2.05) is 32.9 Å². The molecular weight excluding hydrogens is 725 g/mol. The maximum Gasteiger partial charge on any atom is 0.339 e. The minimum Gasteiger partial charge on any atom is -0.461 e. The van der Waals surface area contributed by atoms with Crippen molar-refractivity contribution in [3.63, 3.8) is 0 Å². The van der Waals surface area contributed by atoms with Crippen LogP contribution in [0.5, 0.6) is 0 Å². The monoisotopic (exact) mass is 805 g/mol. The summed E-state index contributed by atoms with van der Waals surface area (Å²) in [5.74, 6) is -2.70. The number of carbonyl (C=O) groups excluding carboxylic acids is 3. The quantitative estimate of drug-likeness (QED) is 0.0456. The van der Waals surface area contributed by atoms with Gasteiger partial charge in [-0.3, -0.25) is 9.59 Å². The zero-order valence-electron chi connectivity index (χ0n) is 38.6. The highest BCUT2D eigenvalue weighted by atomic mass is 16.6. The van der Waals surface area contributed by atoms with E-state index in [9.17, 15) is 19.5 Å². The molecule has 0 spiro atoms. The second-order valence-corrected chi connectivity index (χ2v) is 16.7.